The van der Waals surface area contributed by atoms with Gasteiger partial charge in [-0.15, -0.1) is 0 Å². The molecule has 4 aromatic rings. The summed E-state index contributed by atoms with van der Waals surface area (Å²) in [6.07, 6.45) is 25.5. The average Bonchev–Trinajstić information content (AvgIpc) is 1.65. The molecule has 12 atom stereocenters. The van der Waals surface area contributed by atoms with Crippen molar-refractivity contribution in [3.63, 3.8) is 0 Å². The number of nitrogens with zero attached hydrogens (tertiary/aromatic N) is 4. The van der Waals surface area contributed by atoms with Crippen molar-refractivity contribution in [1.82, 2.24) is 21.3 Å². The molecule has 8 aliphatic rings. The predicted octanol–water partition coefficient (Wildman–Crippen LogP) is 11.0. The Morgan fingerprint density at radius 1 is 0.278 bits per heavy atom. The summed E-state index contributed by atoms with van der Waals surface area (Å²) < 4.78 is -1.69. The molecule has 18 heteroatoms. The van der Waals surface area contributed by atoms with E-state index >= 15 is 0 Å². The Labute approximate surface area is 534 Å². The normalized spacial score (nSPS) is 30.6. The van der Waals surface area contributed by atoms with Gasteiger partial charge in [0.1, 0.15) is 0 Å². The molecule has 0 unspecified atom stereocenters. The number of nitrogens with one attached hydrogen (secondary N) is 4. The Kier molecular flexibility index (Phi) is 23.9. The van der Waals surface area contributed by atoms with Gasteiger partial charge in [0, 0.05) is 51.4 Å². The van der Waals surface area contributed by atoms with E-state index in [0.29, 0.717) is 51.9 Å². The minimum Gasteiger partial charge on any atom is -0.632 e. The third kappa shape index (κ3) is 15.0. The van der Waals surface area contributed by atoms with Crippen LogP contribution in [0.2, 0.25) is 0 Å². The van der Waals surface area contributed by atoms with Crippen LogP contribution < -0.4 is 21.3 Å². The number of hydroxylamine groups is 12. The van der Waals surface area contributed by atoms with Gasteiger partial charge in [-0.2, -0.15) is 0 Å². The Morgan fingerprint density at radius 2 is 0.456 bits per heavy atom. The number of likely N-dealkylation sites (tertiary alicyclic amines) is 4. The van der Waals surface area contributed by atoms with E-state index in [9.17, 15) is 40.0 Å². The van der Waals surface area contributed by atoms with Gasteiger partial charge >= 0.3 is 0 Å². The van der Waals surface area contributed by atoms with Crippen LogP contribution in [0.5, 0.6) is 0 Å². The first-order chi connectivity index (χ1) is 42.8. The fourth-order valence-electron chi connectivity index (χ4n) is 17.8. The first kappa shape index (κ1) is 68.7. The molecule has 0 spiro atoms. The van der Waals surface area contributed by atoms with E-state index in [4.69, 9.17) is 0 Å². The standard InChI is InChI=1S/2C36H50N4O4.2H2O/c2*41-35(31-23-13-25-39(31,43)29-19-9-3-10-20-29)37-33(27-15-5-1-6-16-27)34(28-17-7-2-8-18-28)38-36(42)32-24-14-26-40(32,44)30-21-11-4-12-22-30;;/h2*1-2,5-8,15-18,29-34H,3-4,9-14,19-26H2,(H,37,41)(H,38,42);2*1H2/t2*31-,32-,33+,34+,39+,40+;;/m00../s1. The number of carbonyl (C=O) groups is 4. The molecular weight excluding hydrogens is 1140 g/mol. The summed E-state index contributed by atoms with van der Waals surface area (Å²) in [5.74, 6) is -0.929. The van der Waals surface area contributed by atoms with Gasteiger partial charge in [0.25, 0.3) is 23.6 Å². The predicted molar refractivity (Wildman–Crippen MR) is 350 cm³/mol. The lowest BCUT2D eigenvalue weighted by molar-refractivity contribution is -0.909. The van der Waals surface area contributed by atoms with E-state index in [1.165, 1.54) is 0 Å². The van der Waals surface area contributed by atoms with Crippen molar-refractivity contribution in [3.05, 3.63) is 164 Å². The van der Waals surface area contributed by atoms with E-state index in [2.05, 4.69) is 21.3 Å². The SMILES string of the molecule is O.O.O=C(N[C@H](c1ccccc1)[C@H](NC(=O)[C@@H]1CCC[N@@+]1([O-])C1CCCCC1)c1ccccc1)[C@@H]1CCC[N@@+]1([O-])C1CCCCC1.O=C(N[C@H](c1ccccc1)[C@H](NC(=O)[C@@H]1CCC[N@@+]1([O-])C1CCCCC1)c1ccccc1)[C@@H]1CCC[N@@+]1([O-])C1CCCCC1. The molecule has 4 aliphatic heterocycles. The number of benzene rings is 4. The van der Waals surface area contributed by atoms with Crippen LogP contribution in [-0.2, 0) is 19.2 Å². The summed E-state index contributed by atoms with van der Waals surface area (Å²) in [6, 6.07) is 33.9. The lowest BCUT2D eigenvalue weighted by Crippen LogP contribution is -2.61. The number of carbonyl (C=O) groups excluding carboxylic acids is 4. The third-order valence-corrected chi connectivity index (χ3v) is 22.5. The molecule has 0 radical (unpaired) electrons. The van der Waals surface area contributed by atoms with Crippen LogP contribution in [0.3, 0.4) is 0 Å². The van der Waals surface area contributed by atoms with Crippen molar-refractivity contribution in [1.29, 1.82) is 0 Å². The van der Waals surface area contributed by atoms with Crippen LogP contribution in [0, 0.1) is 20.8 Å². The monoisotopic (exact) mass is 1240 g/mol. The van der Waals surface area contributed by atoms with Gasteiger partial charge in [-0.3, -0.25) is 19.2 Å². The molecule has 8 N–H and O–H groups in total. The van der Waals surface area contributed by atoms with Gasteiger partial charge in [-0.1, -0.05) is 147 Å². The maximum absolute atomic E-state index is 14.3. The van der Waals surface area contributed by atoms with Gasteiger partial charge in [0.05, 0.1) is 74.5 Å². The smallest absolute Gasteiger partial charge is 0.279 e. The zero-order chi connectivity index (χ0) is 61.1. The number of hydrogen-bond donors (Lipinski definition) is 4. The van der Waals surface area contributed by atoms with Crippen molar-refractivity contribution in [2.75, 3.05) is 26.2 Å². The third-order valence-electron chi connectivity index (χ3n) is 22.5. The zero-order valence-electron chi connectivity index (χ0n) is 53.2. The van der Waals surface area contributed by atoms with Crippen molar-refractivity contribution in [2.45, 2.75) is 252 Å². The fraction of sp³-hybridized carbons (Fsp3) is 0.611. The van der Waals surface area contributed by atoms with Crippen molar-refractivity contribution in [2.24, 2.45) is 0 Å². The topological polar surface area (TPSA) is 272 Å². The molecular formula is C72H104N8O10. The lowest BCUT2D eigenvalue weighted by atomic mass is 9.91. The maximum atomic E-state index is 14.3. The van der Waals surface area contributed by atoms with E-state index in [1.807, 2.05) is 121 Å². The van der Waals surface area contributed by atoms with Crippen molar-refractivity contribution >= 4 is 23.6 Å². The summed E-state index contributed by atoms with van der Waals surface area (Å²) in [6.45, 7) is 1.96. The Morgan fingerprint density at radius 3 is 0.633 bits per heavy atom. The molecule has 4 heterocycles. The summed E-state index contributed by atoms with van der Waals surface area (Å²) in [7, 11) is 0. The molecule has 492 valence electrons. The molecule has 4 aromatic carbocycles. The van der Waals surface area contributed by atoms with Crippen LogP contribution in [0.15, 0.2) is 121 Å². The highest BCUT2D eigenvalue weighted by Crippen LogP contribution is 2.43. The molecule has 12 rings (SSSR count). The van der Waals surface area contributed by atoms with Crippen LogP contribution >= 0.6 is 0 Å². The summed E-state index contributed by atoms with van der Waals surface area (Å²) >= 11 is 0. The first-order valence-electron chi connectivity index (χ1n) is 34.5. The number of quaternary nitrogens is 4. The minimum absolute atomic E-state index is 0. The molecule has 4 amide bonds. The minimum atomic E-state index is -0.650. The van der Waals surface area contributed by atoms with Gasteiger partial charge in [0.15, 0.2) is 24.2 Å². The van der Waals surface area contributed by atoms with E-state index in [-0.39, 0.29) is 58.7 Å². The Balaban J connectivity index is 0.000000209. The lowest BCUT2D eigenvalue weighted by Gasteiger charge is -2.51. The molecule has 8 fully saturated rings. The number of rotatable bonds is 18. The molecule has 0 bridgehead atoms. The van der Waals surface area contributed by atoms with E-state index < -0.39 is 66.9 Å². The van der Waals surface area contributed by atoms with Crippen LogP contribution in [0.25, 0.3) is 0 Å². The summed E-state index contributed by atoms with van der Waals surface area (Å²) in [5, 5.41) is 70.5. The summed E-state index contributed by atoms with van der Waals surface area (Å²) in [4.78, 5) is 56.7. The largest absolute Gasteiger partial charge is 0.632 e. The quantitative estimate of drug-likeness (QED) is 0.0548. The fourth-order valence-corrected chi connectivity index (χ4v) is 17.8. The highest BCUT2D eigenvalue weighted by molar-refractivity contribution is 5.84. The number of amides is 4. The van der Waals surface area contributed by atoms with Gasteiger partial charge in [-0.25, -0.2) is 0 Å². The highest BCUT2D eigenvalue weighted by atomic mass is 16.6. The summed E-state index contributed by atoms with van der Waals surface area (Å²) in [5.41, 5.74) is 3.43. The average molecular weight is 1240 g/mol. The molecule has 4 saturated carbocycles. The van der Waals surface area contributed by atoms with Crippen LogP contribution in [-0.4, -0.2) is 128 Å². The second-order valence-electron chi connectivity index (χ2n) is 27.7. The van der Waals surface area contributed by atoms with E-state index in [1.54, 1.807) is 0 Å². The van der Waals surface area contributed by atoms with Crippen LogP contribution in [0.4, 0.5) is 0 Å². The zero-order valence-corrected chi connectivity index (χ0v) is 53.2. The Bertz CT molecular complexity index is 2510. The second-order valence-corrected chi connectivity index (χ2v) is 27.7. The van der Waals surface area contributed by atoms with Crippen molar-refractivity contribution in [3.8, 4) is 0 Å². The molecule has 4 aliphatic carbocycles. The van der Waals surface area contributed by atoms with E-state index in [0.717, 1.165) is 176 Å². The first-order valence-corrected chi connectivity index (χ1v) is 34.5. The van der Waals surface area contributed by atoms with Gasteiger partial charge in [-0.05, 0) is 125 Å². The molecule has 90 heavy (non-hydrogen) atoms. The highest BCUT2D eigenvalue weighted by Gasteiger charge is 2.51. The van der Waals surface area contributed by atoms with Crippen LogP contribution in [0.1, 0.15) is 226 Å². The van der Waals surface area contributed by atoms with Gasteiger partial charge < -0.3 is 71.6 Å². The molecule has 4 saturated heterocycles. The molecule has 18 nitrogen and oxygen atoms in total. The maximum Gasteiger partial charge on any atom is 0.279 e. The molecule has 0 aromatic heterocycles. The Hall–Kier alpha value is -5.64. The second kappa shape index (κ2) is 31.3. The number of hydrogen-bond acceptors (Lipinski definition) is 8. The van der Waals surface area contributed by atoms with Crippen molar-refractivity contribution < 1.29 is 48.7 Å². The van der Waals surface area contributed by atoms with Gasteiger partial charge in [0.2, 0.25) is 0 Å².